The van der Waals surface area contributed by atoms with Crippen molar-refractivity contribution in [3.63, 3.8) is 0 Å². The first-order valence-electron chi connectivity index (χ1n) is 6.73. The molecule has 0 aliphatic carbocycles. The molecule has 0 heterocycles. The SMILES string of the molecule is CCOc1c(Cl)cc(C(=O)Nc2c(F)cccc2F)cc1OC. The van der Waals surface area contributed by atoms with Gasteiger partial charge in [0.05, 0.1) is 18.7 Å². The highest BCUT2D eigenvalue weighted by atomic mass is 35.5. The van der Waals surface area contributed by atoms with Crippen LogP contribution in [0.2, 0.25) is 5.02 Å². The maximum absolute atomic E-state index is 13.6. The molecule has 0 fully saturated rings. The lowest BCUT2D eigenvalue weighted by atomic mass is 10.1. The van der Waals surface area contributed by atoms with Gasteiger partial charge in [-0.05, 0) is 31.2 Å². The number of rotatable bonds is 5. The van der Waals surface area contributed by atoms with E-state index in [-0.39, 0.29) is 16.3 Å². The van der Waals surface area contributed by atoms with Crippen molar-refractivity contribution in [3.8, 4) is 11.5 Å². The molecule has 0 radical (unpaired) electrons. The standard InChI is InChI=1S/C16H14ClF2NO3/c1-3-23-15-10(17)7-9(8-13(15)22-2)16(21)20-14-11(18)5-4-6-12(14)19/h4-8H,3H2,1-2H3,(H,20,21). The van der Waals surface area contributed by atoms with Gasteiger partial charge in [0.2, 0.25) is 0 Å². The second-order valence-electron chi connectivity index (χ2n) is 4.47. The lowest BCUT2D eigenvalue weighted by Crippen LogP contribution is -2.14. The number of carbonyl (C=O) groups excluding carboxylic acids is 1. The summed E-state index contributed by atoms with van der Waals surface area (Å²) in [6.45, 7) is 2.14. The van der Waals surface area contributed by atoms with Crippen molar-refractivity contribution >= 4 is 23.2 Å². The van der Waals surface area contributed by atoms with Gasteiger partial charge in [0.15, 0.2) is 11.5 Å². The highest BCUT2D eigenvalue weighted by Crippen LogP contribution is 2.36. The van der Waals surface area contributed by atoms with E-state index in [1.54, 1.807) is 6.92 Å². The number of anilines is 1. The molecule has 0 spiro atoms. The zero-order valence-corrected chi connectivity index (χ0v) is 13.2. The van der Waals surface area contributed by atoms with Crippen LogP contribution in [0.15, 0.2) is 30.3 Å². The van der Waals surface area contributed by atoms with Crippen LogP contribution < -0.4 is 14.8 Å². The van der Waals surface area contributed by atoms with Crippen LogP contribution in [-0.4, -0.2) is 19.6 Å². The molecule has 0 atom stereocenters. The summed E-state index contributed by atoms with van der Waals surface area (Å²) >= 11 is 6.07. The third-order valence-electron chi connectivity index (χ3n) is 2.98. The van der Waals surface area contributed by atoms with Crippen molar-refractivity contribution in [2.24, 2.45) is 0 Å². The number of halogens is 3. The fourth-order valence-corrected chi connectivity index (χ4v) is 2.20. The molecule has 2 aromatic rings. The average molecular weight is 342 g/mol. The minimum absolute atomic E-state index is 0.0814. The summed E-state index contributed by atoms with van der Waals surface area (Å²) in [6.07, 6.45) is 0. The first-order valence-corrected chi connectivity index (χ1v) is 7.11. The van der Waals surface area contributed by atoms with Crippen LogP contribution >= 0.6 is 11.6 Å². The number of ether oxygens (including phenoxy) is 2. The molecule has 23 heavy (non-hydrogen) atoms. The molecule has 4 nitrogen and oxygen atoms in total. The number of benzene rings is 2. The fourth-order valence-electron chi connectivity index (χ4n) is 1.94. The van der Waals surface area contributed by atoms with E-state index in [0.717, 1.165) is 12.1 Å². The molecular weight excluding hydrogens is 328 g/mol. The Labute approximate surface area is 137 Å². The van der Waals surface area contributed by atoms with Crippen LogP contribution in [0, 0.1) is 11.6 Å². The van der Waals surface area contributed by atoms with Crippen molar-refractivity contribution in [1.29, 1.82) is 0 Å². The van der Waals surface area contributed by atoms with Crippen molar-refractivity contribution in [3.05, 3.63) is 52.6 Å². The first-order chi connectivity index (χ1) is 11.0. The largest absolute Gasteiger partial charge is 0.493 e. The van der Waals surface area contributed by atoms with E-state index in [9.17, 15) is 13.6 Å². The third-order valence-corrected chi connectivity index (χ3v) is 3.26. The van der Waals surface area contributed by atoms with Crippen LogP contribution in [0.4, 0.5) is 14.5 Å². The Morgan fingerprint density at radius 1 is 1.26 bits per heavy atom. The Balaban J connectivity index is 2.35. The molecular formula is C16H14ClF2NO3. The monoisotopic (exact) mass is 341 g/mol. The second kappa shape index (κ2) is 7.28. The fraction of sp³-hybridized carbons (Fsp3) is 0.188. The summed E-state index contributed by atoms with van der Waals surface area (Å²) in [4.78, 5) is 12.2. The quantitative estimate of drug-likeness (QED) is 0.883. The number of methoxy groups -OCH3 is 1. The summed E-state index contributed by atoms with van der Waals surface area (Å²) in [7, 11) is 1.40. The first kappa shape index (κ1) is 17.0. The summed E-state index contributed by atoms with van der Waals surface area (Å²) in [5.41, 5.74) is -0.445. The van der Waals surface area contributed by atoms with Gasteiger partial charge in [-0.3, -0.25) is 4.79 Å². The minimum Gasteiger partial charge on any atom is -0.493 e. The lowest BCUT2D eigenvalue weighted by Gasteiger charge is -2.13. The minimum atomic E-state index is -0.873. The van der Waals surface area contributed by atoms with Gasteiger partial charge in [-0.25, -0.2) is 8.78 Å². The summed E-state index contributed by atoms with van der Waals surface area (Å²) in [5, 5.41) is 2.34. The maximum atomic E-state index is 13.6. The summed E-state index contributed by atoms with van der Waals surface area (Å²) < 4.78 is 37.7. The second-order valence-corrected chi connectivity index (χ2v) is 4.88. The van der Waals surface area contributed by atoms with Crippen molar-refractivity contribution in [2.45, 2.75) is 6.92 Å². The van der Waals surface area contributed by atoms with E-state index >= 15 is 0 Å². The van der Waals surface area contributed by atoms with Crippen molar-refractivity contribution in [1.82, 2.24) is 0 Å². The Kier molecular flexibility index (Phi) is 5.39. The van der Waals surface area contributed by atoms with E-state index < -0.39 is 23.2 Å². The molecule has 1 N–H and O–H groups in total. The van der Waals surface area contributed by atoms with Gasteiger partial charge in [0.1, 0.15) is 17.3 Å². The van der Waals surface area contributed by atoms with Gasteiger partial charge in [-0.2, -0.15) is 0 Å². The third kappa shape index (κ3) is 3.71. The van der Waals surface area contributed by atoms with Crippen molar-refractivity contribution < 1.29 is 23.0 Å². The lowest BCUT2D eigenvalue weighted by molar-refractivity contribution is 0.102. The molecule has 0 saturated heterocycles. The molecule has 1 amide bonds. The highest BCUT2D eigenvalue weighted by Gasteiger charge is 2.18. The zero-order chi connectivity index (χ0) is 17.0. The Morgan fingerprint density at radius 2 is 1.91 bits per heavy atom. The van der Waals surface area contributed by atoms with E-state index in [1.165, 1.54) is 25.3 Å². The predicted molar refractivity (Wildman–Crippen MR) is 83.5 cm³/mol. The van der Waals surface area contributed by atoms with Gasteiger partial charge in [0, 0.05) is 5.56 Å². The molecule has 0 bridgehead atoms. The highest BCUT2D eigenvalue weighted by molar-refractivity contribution is 6.32. The van der Waals surface area contributed by atoms with Gasteiger partial charge in [-0.15, -0.1) is 0 Å². The van der Waals surface area contributed by atoms with Crippen LogP contribution in [0.1, 0.15) is 17.3 Å². The topological polar surface area (TPSA) is 47.6 Å². The molecule has 0 unspecified atom stereocenters. The maximum Gasteiger partial charge on any atom is 0.256 e. The summed E-state index contributed by atoms with van der Waals surface area (Å²) in [5.74, 6) is -1.93. The molecule has 7 heteroatoms. The van der Waals surface area contributed by atoms with Crippen LogP contribution in [0.5, 0.6) is 11.5 Å². The number of hydrogen-bond acceptors (Lipinski definition) is 3. The zero-order valence-electron chi connectivity index (χ0n) is 12.5. The molecule has 2 aromatic carbocycles. The van der Waals surface area contributed by atoms with E-state index in [4.69, 9.17) is 21.1 Å². The van der Waals surface area contributed by atoms with Gasteiger partial charge < -0.3 is 14.8 Å². The predicted octanol–water partition coefficient (Wildman–Crippen LogP) is 4.28. The van der Waals surface area contributed by atoms with Crippen LogP contribution in [-0.2, 0) is 0 Å². The van der Waals surface area contributed by atoms with Crippen LogP contribution in [0.25, 0.3) is 0 Å². The number of para-hydroxylation sites is 1. The Morgan fingerprint density at radius 3 is 2.48 bits per heavy atom. The van der Waals surface area contributed by atoms with Gasteiger partial charge >= 0.3 is 0 Å². The Hall–Kier alpha value is -2.34. The summed E-state index contributed by atoms with van der Waals surface area (Å²) in [6, 6.07) is 6.01. The normalized spacial score (nSPS) is 10.3. The molecule has 0 aliphatic rings. The van der Waals surface area contributed by atoms with E-state index in [0.29, 0.717) is 12.4 Å². The van der Waals surface area contributed by atoms with E-state index in [2.05, 4.69) is 5.32 Å². The number of hydrogen-bond donors (Lipinski definition) is 1. The smallest absolute Gasteiger partial charge is 0.256 e. The average Bonchev–Trinajstić information content (AvgIpc) is 2.52. The molecule has 122 valence electrons. The van der Waals surface area contributed by atoms with Crippen molar-refractivity contribution in [2.75, 3.05) is 19.0 Å². The van der Waals surface area contributed by atoms with Gasteiger partial charge in [0.25, 0.3) is 5.91 Å². The van der Waals surface area contributed by atoms with Gasteiger partial charge in [-0.1, -0.05) is 17.7 Å². The molecule has 2 rings (SSSR count). The number of amides is 1. The van der Waals surface area contributed by atoms with E-state index in [1.807, 2.05) is 0 Å². The molecule has 0 aliphatic heterocycles. The molecule has 0 saturated carbocycles. The Bertz CT molecular complexity index is 717. The number of nitrogens with one attached hydrogen (secondary N) is 1. The number of carbonyl (C=O) groups is 1. The molecule has 0 aromatic heterocycles. The van der Waals surface area contributed by atoms with Crippen LogP contribution in [0.3, 0.4) is 0 Å².